The fourth-order valence-electron chi connectivity index (χ4n) is 2.81. The number of likely N-dealkylation sites (N-methyl/N-ethyl adjacent to an activating group) is 1. The molecule has 0 spiro atoms. The van der Waals surface area contributed by atoms with Crippen molar-refractivity contribution in [2.24, 2.45) is 0 Å². The maximum atomic E-state index is 5.49. The molecule has 3 aromatic rings. The van der Waals surface area contributed by atoms with Gasteiger partial charge in [0.05, 0.1) is 0 Å². The molecular formula is C20H24ClN3O. The largest absolute Gasteiger partial charge is 0.339 e. The number of nitrogens with one attached hydrogen (secondary N) is 1. The molecule has 25 heavy (non-hydrogen) atoms. The fraction of sp³-hybridized carbons (Fsp3) is 0.300. The van der Waals surface area contributed by atoms with Gasteiger partial charge in [-0.05, 0) is 25.1 Å². The van der Waals surface area contributed by atoms with Crippen LogP contribution >= 0.6 is 12.4 Å². The molecule has 0 aliphatic rings. The van der Waals surface area contributed by atoms with Gasteiger partial charge in [0.1, 0.15) is 0 Å². The normalized spacial score (nSPS) is 12.0. The molecule has 0 amide bonds. The first-order valence-corrected chi connectivity index (χ1v) is 8.35. The van der Waals surface area contributed by atoms with Gasteiger partial charge in [0.2, 0.25) is 5.89 Å². The standard InChI is InChI=1S/C20H23N3O.ClH/c1-15(21-2)13-19-22-20(24-23-19)14-18(16-9-5-3-6-10-16)17-11-7-4-8-12-17;/h3-12,15,18,21H,13-14H2,1-2H3;1H. The van der Waals surface area contributed by atoms with Crippen LogP contribution in [-0.4, -0.2) is 23.2 Å². The zero-order chi connectivity index (χ0) is 16.8. The Morgan fingerprint density at radius 3 is 2.00 bits per heavy atom. The number of aromatic nitrogens is 2. The van der Waals surface area contributed by atoms with Crippen molar-refractivity contribution in [1.29, 1.82) is 0 Å². The summed E-state index contributed by atoms with van der Waals surface area (Å²) in [7, 11) is 1.94. The molecular weight excluding hydrogens is 334 g/mol. The Hall–Kier alpha value is -2.17. The first-order chi connectivity index (χ1) is 11.8. The van der Waals surface area contributed by atoms with Gasteiger partial charge in [-0.25, -0.2) is 0 Å². The lowest BCUT2D eigenvalue weighted by atomic mass is 9.88. The third kappa shape index (κ3) is 5.15. The van der Waals surface area contributed by atoms with Crippen LogP contribution in [0.5, 0.6) is 0 Å². The monoisotopic (exact) mass is 357 g/mol. The SMILES string of the molecule is CNC(C)Cc1noc(CC(c2ccccc2)c2ccccc2)n1.Cl. The molecule has 0 saturated heterocycles. The highest BCUT2D eigenvalue weighted by Crippen LogP contribution is 2.27. The molecule has 0 fully saturated rings. The molecule has 1 heterocycles. The van der Waals surface area contributed by atoms with Crippen molar-refractivity contribution in [3.05, 3.63) is 83.5 Å². The summed E-state index contributed by atoms with van der Waals surface area (Å²) in [6, 6.07) is 21.3. The second-order valence-corrected chi connectivity index (χ2v) is 6.08. The number of hydrogen-bond donors (Lipinski definition) is 1. The lowest BCUT2D eigenvalue weighted by Crippen LogP contribution is -2.24. The van der Waals surface area contributed by atoms with E-state index >= 15 is 0 Å². The van der Waals surface area contributed by atoms with Crippen LogP contribution in [0.25, 0.3) is 0 Å². The average molecular weight is 358 g/mol. The highest BCUT2D eigenvalue weighted by molar-refractivity contribution is 5.85. The zero-order valence-electron chi connectivity index (χ0n) is 14.6. The zero-order valence-corrected chi connectivity index (χ0v) is 15.4. The molecule has 1 N–H and O–H groups in total. The summed E-state index contributed by atoms with van der Waals surface area (Å²) in [5, 5.41) is 7.31. The van der Waals surface area contributed by atoms with E-state index in [1.807, 2.05) is 19.2 Å². The molecule has 0 aliphatic carbocycles. The summed E-state index contributed by atoms with van der Waals surface area (Å²) in [5.41, 5.74) is 2.51. The van der Waals surface area contributed by atoms with Gasteiger partial charge in [-0.1, -0.05) is 65.8 Å². The van der Waals surface area contributed by atoms with Crippen LogP contribution in [0.15, 0.2) is 65.2 Å². The van der Waals surface area contributed by atoms with E-state index in [0.717, 1.165) is 12.2 Å². The third-order valence-corrected chi connectivity index (χ3v) is 4.27. The molecule has 3 rings (SSSR count). The topological polar surface area (TPSA) is 51.0 Å². The first-order valence-electron chi connectivity index (χ1n) is 8.35. The molecule has 132 valence electrons. The molecule has 0 bridgehead atoms. The summed E-state index contributed by atoms with van der Waals surface area (Å²) in [5.74, 6) is 1.65. The van der Waals surface area contributed by atoms with E-state index in [1.54, 1.807) is 0 Å². The van der Waals surface area contributed by atoms with Crippen LogP contribution in [0, 0.1) is 0 Å². The van der Waals surface area contributed by atoms with Crippen LogP contribution in [0.2, 0.25) is 0 Å². The molecule has 4 nitrogen and oxygen atoms in total. The van der Waals surface area contributed by atoms with Crippen LogP contribution in [0.3, 0.4) is 0 Å². The molecule has 1 atom stereocenters. The number of hydrogen-bond acceptors (Lipinski definition) is 4. The van der Waals surface area contributed by atoms with Gasteiger partial charge in [0.25, 0.3) is 0 Å². The van der Waals surface area contributed by atoms with E-state index in [2.05, 4.69) is 70.9 Å². The van der Waals surface area contributed by atoms with Crippen LogP contribution in [0.4, 0.5) is 0 Å². The molecule has 0 aliphatic heterocycles. The second-order valence-electron chi connectivity index (χ2n) is 6.08. The van der Waals surface area contributed by atoms with Crippen molar-refractivity contribution in [2.75, 3.05) is 7.05 Å². The van der Waals surface area contributed by atoms with Crippen molar-refractivity contribution in [1.82, 2.24) is 15.5 Å². The molecule has 1 aromatic heterocycles. The summed E-state index contributed by atoms with van der Waals surface area (Å²) < 4.78 is 5.49. The smallest absolute Gasteiger partial charge is 0.227 e. The average Bonchev–Trinajstić information content (AvgIpc) is 3.08. The van der Waals surface area contributed by atoms with Gasteiger partial charge in [-0.15, -0.1) is 12.4 Å². The lowest BCUT2D eigenvalue weighted by Gasteiger charge is -2.16. The lowest BCUT2D eigenvalue weighted by molar-refractivity contribution is 0.367. The van der Waals surface area contributed by atoms with E-state index in [0.29, 0.717) is 18.4 Å². The quantitative estimate of drug-likeness (QED) is 0.694. The minimum atomic E-state index is 0. The van der Waals surface area contributed by atoms with E-state index in [4.69, 9.17) is 4.52 Å². The molecule has 2 aromatic carbocycles. The molecule has 0 radical (unpaired) electrons. The minimum absolute atomic E-state index is 0. The van der Waals surface area contributed by atoms with Crippen molar-refractivity contribution >= 4 is 12.4 Å². The highest BCUT2D eigenvalue weighted by Gasteiger charge is 2.19. The van der Waals surface area contributed by atoms with Crippen molar-refractivity contribution in [2.45, 2.75) is 31.7 Å². The van der Waals surface area contributed by atoms with Gasteiger partial charge in [0, 0.05) is 24.8 Å². The summed E-state index contributed by atoms with van der Waals surface area (Å²) in [6.07, 6.45) is 1.47. The Bertz CT molecular complexity index is 706. The van der Waals surface area contributed by atoms with Crippen molar-refractivity contribution in [3.8, 4) is 0 Å². The van der Waals surface area contributed by atoms with Gasteiger partial charge in [0.15, 0.2) is 5.82 Å². The minimum Gasteiger partial charge on any atom is -0.339 e. The van der Waals surface area contributed by atoms with E-state index < -0.39 is 0 Å². The van der Waals surface area contributed by atoms with Gasteiger partial charge in [-0.2, -0.15) is 4.98 Å². The van der Waals surface area contributed by atoms with Gasteiger partial charge < -0.3 is 9.84 Å². The van der Waals surface area contributed by atoms with Gasteiger partial charge in [-0.3, -0.25) is 0 Å². The van der Waals surface area contributed by atoms with Crippen LogP contribution in [0.1, 0.15) is 35.7 Å². The third-order valence-electron chi connectivity index (χ3n) is 4.27. The van der Waals surface area contributed by atoms with Crippen molar-refractivity contribution in [3.63, 3.8) is 0 Å². The molecule has 0 saturated carbocycles. The predicted molar refractivity (Wildman–Crippen MR) is 102 cm³/mol. The van der Waals surface area contributed by atoms with E-state index in [-0.39, 0.29) is 18.3 Å². The molecule has 5 heteroatoms. The molecule has 1 unspecified atom stereocenters. The number of benzene rings is 2. The highest BCUT2D eigenvalue weighted by atomic mass is 35.5. The Labute approximate surface area is 155 Å². The van der Waals surface area contributed by atoms with E-state index in [1.165, 1.54) is 11.1 Å². The van der Waals surface area contributed by atoms with Gasteiger partial charge >= 0.3 is 0 Å². The predicted octanol–water partition coefficient (Wildman–Crippen LogP) is 4.02. The van der Waals surface area contributed by atoms with E-state index in [9.17, 15) is 0 Å². The number of rotatable bonds is 7. The van der Waals surface area contributed by atoms with Crippen molar-refractivity contribution < 1.29 is 4.52 Å². The van der Waals surface area contributed by atoms with Crippen LogP contribution < -0.4 is 5.32 Å². The summed E-state index contributed by atoms with van der Waals surface area (Å²) >= 11 is 0. The Morgan fingerprint density at radius 1 is 0.920 bits per heavy atom. The number of nitrogens with zero attached hydrogens (tertiary/aromatic N) is 2. The second kappa shape index (κ2) is 9.35. The fourth-order valence-corrected chi connectivity index (χ4v) is 2.81. The summed E-state index contributed by atoms with van der Waals surface area (Å²) in [6.45, 7) is 2.10. The maximum Gasteiger partial charge on any atom is 0.227 e. The summed E-state index contributed by atoms with van der Waals surface area (Å²) in [4.78, 5) is 4.57. The first kappa shape index (κ1) is 19.2. The Kier molecular flexibility index (Phi) is 7.16. The number of halogens is 1. The van der Waals surface area contributed by atoms with Crippen LogP contribution in [-0.2, 0) is 12.8 Å². The Morgan fingerprint density at radius 2 is 1.48 bits per heavy atom. The Balaban J connectivity index is 0.00000225. The maximum absolute atomic E-state index is 5.49.